The van der Waals surface area contributed by atoms with Crippen LogP contribution in [0.4, 0.5) is 5.95 Å². The first kappa shape index (κ1) is 14.6. The Morgan fingerprint density at radius 3 is 2.83 bits per heavy atom. The highest BCUT2D eigenvalue weighted by Crippen LogP contribution is 2.40. The summed E-state index contributed by atoms with van der Waals surface area (Å²) < 4.78 is 0. The molecule has 1 spiro atoms. The fourth-order valence-corrected chi connectivity index (χ4v) is 4.47. The van der Waals surface area contributed by atoms with E-state index in [0.29, 0.717) is 0 Å². The van der Waals surface area contributed by atoms with E-state index >= 15 is 0 Å². The van der Waals surface area contributed by atoms with Crippen molar-refractivity contribution >= 4 is 23.2 Å². The molecule has 120 valence electrons. The highest BCUT2D eigenvalue weighted by atomic mass is 32.1. The minimum atomic E-state index is 0.177. The maximum absolute atomic E-state index is 12.6. The highest BCUT2D eigenvalue weighted by molar-refractivity contribution is 7.08. The van der Waals surface area contributed by atoms with Crippen LogP contribution in [0.2, 0.25) is 0 Å². The van der Waals surface area contributed by atoms with Crippen molar-refractivity contribution in [2.75, 3.05) is 31.1 Å². The number of carbonyl (C=O) groups excluding carboxylic acids is 1. The Kier molecular flexibility index (Phi) is 3.77. The van der Waals surface area contributed by atoms with Crippen LogP contribution in [0.3, 0.4) is 0 Å². The summed E-state index contributed by atoms with van der Waals surface area (Å²) in [5.74, 6) is 0.991. The number of piperidine rings is 1. The average molecular weight is 328 g/mol. The van der Waals surface area contributed by atoms with Gasteiger partial charge in [-0.05, 0) is 36.8 Å². The van der Waals surface area contributed by atoms with E-state index in [1.165, 1.54) is 6.42 Å². The van der Waals surface area contributed by atoms with Crippen LogP contribution in [0.5, 0.6) is 0 Å². The number of amides is 1. The molecule has 0 aromatic carbocycles. The monoisotopic (exact) mass is 328 g/mol. The fraction of sp³-hybridized carbons (Fsp3) is 0.471. The smallest absolute Gasteiger partial charge is 0.254 e. The molecule has 0 N–H and O–H groups in total. The first-order valence-electron chi connectivity index (χ1n) is 8.09. The second-order valence-electron chi connectivity index (χ2n) is 6.56. The molecular weight excluding hydrogens is 308 g/mol. The largest absolute Gasteiger partial charge is 0.340 e. The van der Waals surface area contributed by atoms with Crippen LogP contribution in [0.15, 0.2) is 35.3 Å². The van der Waals surface area contributed by atoms with Crippen LogP contribution in [0, 0.1) is 5.41 Å². The molecule has 0 radical (unpaired) electrons. The number of nitrogens with zero attached hydrogens (tertiary/aromatic N) is 4. The van der Waals surface area contributed by atoms with Gasteiger partial charge in [0.25, 0.3) is 5.91 Å². The van der Waals surface area contributed by atoms with Gasteiger partial charge in [-0.15, -0.1) is 0 Å². The molecule has 2 aliphatic heterocycles. The van der Waals surface area contributed by atoms with Gasteiger partial charge in [0.1, 0.15) is 0 Å². The number of carbonyl (C=O) groups is 1. The highest BCUT2D eigenvalue weighted by Gasteiger charge is 2.43. The third kappa shape index (κ3) is 2.83. The Bertz CT molecular complexity index is 675. The summed E-state index contributed by atoms with van der Waals surface area (Å²) in [7, 11) is 0. The standard InChI is InChI=1S/C17H20N4OS/c22-15(14-3-10-23-11-14)20-9-5-17(12-20)4-1-8-21(13-17)16-18-6-2-7-19-16/h2-3,6-7,10-11H,1,4-5,8-9,12-13H2/t17-/m1/s1. The van der Waals surface area contributed by atoms with Gasteiger partial charge in [0.05, 0.1) is 5.56 Å². The number of hydrogen-bond acceptors (Lipinski definition) is 5. The van der Waals surface area contributed by atoms with Gasteiger partial charge >= 0.3 is 0 Å². The van der Waals surface area contributed by atoms with Gasteiger partial charge in [0, 0.05) is 49.4 Å². The van der Waals surface area contributed by atoms with E-state index in [4.69, 9.17) is 0 Å². The number of thiophene rings is 1. The van der Waals surface area contributed by atoms with Gasteiger partial charge in [0.15, 0.2) is 0 Å². The zero-order valence-electron chi connectivity index (χ0n) is 13.0. The van der Waals surface area contributed by atoms with Crippen molar-refractivity contribution in [2.45, 2.75) is 19.3 Å². The Morgan fingerprint density at radius 1 is 1.17 bits per heavy atom. The predicted octanol–water partition coefficient (Wildman–Crippen LogP) is 2.67. The number of anilines is 1. The van der Waals surface area contributed by atoms with E-state index in [1.54, 1.807) is 23.7 Å². The second kappa shape index (κ2) is 5.92. The minimum Gasteiger partial charge on any atom is -0.340 e. The fourth-order valence-electron chi connectivity index (χ4n) is 3.84. The van der Waals surface area contributed by atoms with Gasteiger partial charge in [-0.1, -0.05) is 0 Å². The SMILES string of the molecule is O=C(c1ccsc1)N1CC[C@]2(CCCN(c3ncccn3)C2)C1. The zero-order valence-corrected chi connectivity index (χ0v) is 13.8. The molecule has 2 saturated heterocycles. The van der Waals surface area contributed by atoms with Crippen molar-refractivity contribution in [1.29, 1.82) is 0 Å². The topological polar surface area (TPSA) is 49.3 Å². The van der Waals surface area contributed by atoms with E-state index in [2.05, 4.69) is 14.9 Å². The number of aromatic nitrogens is 2. The van der Waals surface area contributed by atoms with E-state index < -0.39 is 0 Å². The molecule has 4 rings (SSSR count). The molecular formula is C17H20N4OS. The Balaban J connectivity index is 1.48. The van der Waals surface area contributed by atoms with Crippen LogP contribution < -0.4 is 4.90 Å². The van der Waals surface area contributed by atoms with Crippen molar-refractivity contribution in [2.24, 2.45) is 5.41 Å². The second-order valence-corrected chi connectivity index (χ2v) is 7.34. The molecule has 0 unspecified atom stereocenters. The summed E-state index contributed by atoms with van der Waals surface area (Å²) in [6, 6.07) is 3.77. The summed E-state index contributed by atoms with van der Waals surface area (Å²) in [6.45, 7) is 3.66. The lowest BCUT2D eigenvalue weighted by Crippen LogP contribution is -2.46. The number of rotatable bonds is 2. The molecule has 0 bridgehead atoms. The molecule has 0 aliphatic carbocycles. The summed E-state index contributed by atoms with van der Waals surface area (Å²) >= 11 is 1.58. The van der Waals surface area contributed by atoms with E-state index in [0.717, 1.165) is 50.5 Å². The molecule has 5 nitrogen and oxygen atoms in total. The van der Waals surface area contributed by atoms with Gasteiger partial charge in [0.2, 0.25) is 5.95 Å². The molecule has 1 atom stereocenters. The lowest BCUT2D eigenvalue weighted by molar-refractivity contribution is 0.0768. The predicted molar refractivity (Wildman–Crippen MR) is 90.8 cm³/mol. The molecule has 1 amide bonds. The summed E-state index contributed by atoms with van der Waals surface area (Å²) in [6.07, 6.45) is 6.99. The molecule has 23 heavy (non-hydrogen) atoms. The molecule has 2 aromatic rings. The van der Waals surface area contributed by atoms with E-state index in [-0.39, 0.29) is 11.3 Å². The maximum atomic E-state index is 12.6. The number of likely N-dealkylation sites (tertiary alicyclic amines) is 1. The zero-order chi connectivity index (χ0) is 15.7. The number of hydrogen-bond donors (Lipinski definition) is 0. The first-order chi connectivity index (χ1) is 11.3. The first-order valence-corrected chi connectivity index (χ1v) is 9.04. The van der Waals surface area contributed by atoms with E-state index in [9.17, 15) is 4.79 Å². The van der Waals surface area contributed by atoms with Crippen LogP contribution >= 0.6 is 11.3 Å². The van der Waals surface area contributed by atoms with Crippen molar-refractivity contribution < 1.29 is 4.79 Å². The summed E-state index contributed by atoms with van der Waals surface area (Å²) in [5.41, 5.74) is 1.02. The van der Waals surface area contributed by atoms with Crippen molar-refractivity contribution in [3.05, 3.63) is 40.8 Å². The van der Waals surface area contributed by atoms with Crippen LogP contribution in [-0.2, 0) is 0 Å². The molecule has 0 saturated carbocycles. The van der Waals surface area contributed by atoms with Crippen molar-refractivity contribution in [1.82, 2.24) is 14.9 Å². The maximum Gasteiger partial charge on any atom is 0.254 e. The van der Waals surface area contributed by atoms with Crippen molar-refractivity contribution in [3.63, 3.8) is 0 Å². The van der Waals surface area contributed by atoms with Crippen LogP contribution in [0.1, 0.15) is 29.6 Å². The van der Waals surface area contributed by atoms with Gasteiger partial charge in [-0.25, -0.2) is 9.97 Å². The average Bonchev–Trinajstić information content (AvgIpc) is 3.26. The van der Waals surface area contributed by atoms with Crippen molar-refractivity contribution in [3.8, 4) is 0 Å². The lowest BCUT2D eigenvalue weighted by atomic mass is 9.79. The minimum absolute atomic E-state index is 0.177. The normalized spacial score (nSPS) is 24.3. The molecule has 2 aromatic heterocycles. The summed E-state index contributed by atoms with van der Waals surface area (Å²) in [4.78, 5) is 25.7. The Labute approximate surface area is 140 Å². The van der Waals surface area contributed by atoms with Gasteiger partial charge in [-0.3, -0.25) is 4.79 Å². The molecule has 6 heteroatoms. The van der Waals surface area contributed by atoms with Crippen LogP contribution in [0.25, 0.3) is 0 Å². The Hall–Kier alpha value is -1.95. The Morgan fingerprint density at radius 2 is 2.04 bits per heavy atom. The molecule has 2 fully saturated rings. The third-order valence-corrected chi connectivity index (χ3v) is 5.67. The van der Waals surface area contributed by atoms with E-state index in [1.807, 2.05) is 27.8 Å². The molecule has 2 aliphatic rings. The quantitative estimate of drug-likeness (QED) is 0.850. The third-order valence-electron chi connectivity index (χ3n) is 4.99. The van der Waals surface area contributed by atoms with Gasteiger partial charge < -0.3 is 9.80 Å². The molecule has 4 heterocycles. The lowest BCUT2D eigenvalue weighted by Gasteiger charge is -2.40. The van der Waals surface area contributed by atoms with Gasteiger partial charge in [-0.2, -0.15) is 11.3 Å². The van der Waals surface area contributed by atoms with Crippen LogP contribution in [-0.4, -0.2) is 47.0 Å². The summed E-state index contributed by atoms with van der Waals surface area (Å²) in [5, 5.41) is 3.91.